The topological polar surface area (TPSA) is 45.0 Å². The average molecular weight is 295 g/mol. The summed E-state index contributed by atoms with van der Waals surface area (Å²) >= 11 is 3.36. The normalized spacial score (nSPS) is 17.0. The molecule has 17 heavy (non-hydrogen) atoms. The van der Waals surface area contributed by atoms with Crippen molar-refractivity contribution in [3.8, 4) is 6.07 Å². The standard InChI is InChI=1S/C13H15BrN2O/c1-17-13(5-2-6-13)9-16-12-4-3-11(14)7-10(12)8-15/h3-4,7,16H,2,5-6,9H2,1H3. The number of nitrogens with zero attached hydrogens (tertiary/aromatic N) is 1. The molecule has 0 unspecified atom stereocenters. The first kappa shape index (κ1) is 12.4. The van der Waals surface area contributed by atoms with Crippen LogP contribution in [0.2, 0.25) is 0 Å². The molecular weight excluding hydrogens is 280 g/mol. The summed E-state index contributed by atoms with van der Waals surface area (Å²) in [6, 6.07) is 7.87. The van der Waals surface area contributed by atoms with Crippen molar-refractivity contribution in [2.45, 2.75) is 24.9 Å². The first-order valence-electron chi connectivity index (χ1n) is 5.68. The van der Waals surface area contributed by atoms with E-state index in [1.54, 1.807) is 7.11 Å². The number of hydrogen-bond donors (Lipinski definition) is 1. The Kier molecular flexibility index (Phi) is 3.70. The molecule has 0 heterocycles. The second-order valence-corrected chi connectivity index (χ2v) is 5.31. The van der Waals surface area contributed by atoms with Gasteiger partial charge in [-0.1, -0.05) is 15.9 Å². The van der Waals surface area contributed by atoms with Crippen LogP contribution in [0.15, 0.2) is 22.7 Å². The SMILES string of the molecule is COC1(CNc2ccc(Br)cc2C#N)CCC1. The smallest absolute Gasteiger partial charge is 0.101 e. The Morgan fingerprint density at radius 3 is 2.82 bits per heavy atom. The van der Waals surface area contributed by atoms with E-state index < -0.39 is 0 Å². The lowest BCUT2D eigenvalue weighted by Crippen LogP contribution is -2.45. The molecule has 1 saturated carbocycles. The van der Waals surface area contributed by atoms with Crippen molar-refractivity contribution >= 4 is 21.6 Å². The summed E-state index contributed by atoms with van der Waals surface area (Å²) < 4.78 is 6.46. The van der Waals surface area contributed by atoms with Gasteiger partial charge >= 0.3 is 0 Å². The van der Waals surface area contributed by atoms with E-state index in [2.05, 4.69) is 27.3 Å². The molecule has 0 saturated heterocycles. The molecule has 1 aliphatic carbocycles. The Balaban J connectivity index is 2.06. The Morgan fingerprint density at radius 2 is 2.29 bits per heavy atom. The minimum Gasteiger partial charge on any atom is -0.381 e. The van der Waals surface area contributed by atoms with Gasteiger partial charge in [0.25, 0.3) is 0 Å². The van der Waals surface area contributed by atoms with E-state index >= 15 is 0 Å². The van der Waals surface area contributed by atoms with Gasteiger partial charge in [0.1, 0.15) is 6.07 Å². The molecule has 1 aromatic carbocycles. The van der Waals surface area contributed by atoms with E-state index in [4.69, 9.17) is 10.00 Å². The largest absolute Gasteiger partial charge is 0.381 e. The van der Waals surface area contributed by atoms with Crippen molar-refractivity contribution < 1.29 is 4.74 Å². The van der Waals surface area contributed by atoms with E-state index in [1.807, 2.05) is 18.2 Å². The molecule has 4 heteroatoms. The van der Waals surface area contributed by atoms with Gasteiger partial charge in [0.2, 0.25) is 0 Å². The predicted octanol–water partition coefficient (Wildman–Crippen LogP) is 3.30. The third-order valence-electron chi connectivity index (χ3n) is 3.40. The number of anilines is 1. The van der Waals surface area contributed by atoms with Gasteiger partial charge in [-0.25, -0.2) is 0 Å². The Labute approximate surface area is 110 Å². The summed E-state index contributed by atoms with van der Waals surface area (Å²) in [4.78, 5) is 0. The molecule has 90 valence electrons. The van der Waals surface area contributed by atoms with E-state index in [0.717, 1.165) is 29.5 Å². The number of halogens is 1. The predicted molar refractivity (Wildman–Crippen MR) is 70.9 cm³/mol. The number of hydrogen-bond acceptors (Lipinski definition) is 3. The van der Waals surface area contributed by atoms with Gasteiger partial charge in [-0.2, -0.15) is 5.26 Å². The maximum atomic E-state index is 9.06. The van der Waals surface area contributed by atoms with Crippen molar-refractivity contribution in [1.29, 1.82) is 5.26 Å². The third kappa shape index (κ3) is 2.62. The maximum Gasteiger partial charge on any atom is 0.101 e. The van der Waals surface area contributed by atoms with Crippen LogP contribution in [0.25, 0.3) is 0 Å². The number of methoxy groups -OCH3 is 1. The fourth-order valence-corrected chi connectivity index (χ4v) is 2.40. The first-order chi connectivity index (χ1) is 8.19. The third-order valence-corrected chi connectivity index (χ3v) is 3.89. The van der Waals surface area contributed by atoms with Crippen molar-refractivity contribution in [1.82, 2.24) is 0 Å². The van der Waals surface area contributed by atoms with Gasteiger partial charge in [0, 0.05) is 18.1 Å². The summed E-state index contributed by atoms with van der Waals surface area (Å²) in [6.45, 7) is 0.764. The lowest BCUT2D eigenvalue weighted by Gasteiger charge is -2.40. The van der Waals surface area contributed by atoms with E-state index in [0.29, 0.717) is 5.56 Å². The monoisotopic (exact) mass is 294 g/mol. The summed E-state index contributed by atoms with van der Waals surface area (Å²) in [6.07, 6.45) is 3.41. The number of nitrogens with one attached hydrogen (secondary N) is 1. The summed E-state index contributed by atoms with van der Waals surface area (Å²) in [5.41, 5.74) is 1.50. The molecule has 1 aliphatic rings. The van der Waals surface area contributed by atoms with Crippen molar-refractivity contribution in [3.05, 3.63) is 28.2 Å². The Morgan fingerprint density at radius 1 is 1.53 bits per heavy atom. The zero-order chi connectivity index (χ0) is 12.3. The van der Waals surface area contributed by atoms with E-state index in [-0.39, 0.29) is 5.60 Å². The lowest BCUT2D eigenvalue weighted by atomic mass is 9.80. The minimum absolute atomic E-state index is 0.0280. The minimum atomic E-state index is -0.0280. The molecular formula is C13H15BrN2O. The Hall–Kier alpha value is -1.05. The second kappa shape index (κ2) is 5.07. The van der Waals surface area contributed by atoms with Crippen LogP contribution in [0.4, 0.5) is 5.69 Å². The van der Waals surface area contributed by atoms with Crippen LogP contribution in [0.3, 0.4) is 0 Å². The van der Waals surface area contributed by atoms with Gasteiger partial charge in [0.15, 0.2) is 0 Å². The number of benzene rings is 1. The van der Waals surface area contributed by atoms with Gasteiger partial charge in [0.05, 0.1) is 16.9 Å². The molecule has 0 spiro atoms. The highest BCUT2D eigenvalue weighted by Crippen LogP contribution is 2.35. The molecule has 2 rings (SSSR count). The van der Waals surface area contributed by atoms with Gasteiger partial charge in [-0.3, -0.25) is 0 Å². The van der Waals surface area contributed by atoms with E-state index in [9.17, 15) is 0 Å². The molecule has 1 N–H and O–H groups in total. The molecule has 0 atom stereocenters. The van der Waals surface area contributed by atoms with Crippen LogP contribution < -0.4 is 5.32 Å². The molecule has 0 amide bonds. The quantitative estimate of drug-likeness (QED) is 0.927. The van der Waals surface area contributed by atoms with Gasteiger partial charge in [-0.05, 0) is 37.5 Å². The lowest BCUT2D eigenvalue weighted by molar-refractivity contribution is -0.0601. The number of ether oxygens (including phenoxy) is 1. The van der Waals surface area contributed by atoms with Crippen molar-refractivity contribution in [3.63, 3.8) is 0 Å². The molecule has 3 nitrogen and oxygen atoms in total. The highest BCUT2D eigenvalue weighted by molar-refractivity contribution is 9.10. The highest BCUT2D eigenvalue weighted by Gasteiger charge is 2.36. The first-order valence-corrected chi connectivity index (χ1v) is 6.47. The average Bonchev–Trinajstić information content (AvgIpc) is 2.29. The van der Waals surface area contributed by atoms with Crippen LogP contribution in [-0.4, -0.2) is 19.3 Å². The fraction of sp³-hybridized carbons (Fsp3) is 0.462. The summed E-state index contributed by atoms with van der Waals surface area (Å²) in [5, 5.41) is 12.4. The van der Waals surface area contributed by atoms with Gasteiger partial charge in [-0.15, -0.1) is 0 Å². The van der Waals surface area contributed by atoms with Crippen LogP contribution in [-0.2, 0) is 4.74 Å². The summed E-state index contributed by atoms with van der Waals surface area (Å²) in [5.74, 6) is 0. The number of nitriles is 1. The van der Waals surface area contributed by atoms with Crippen LogP contribution in [0.5, 0.6) is 0 Å². The van der Waals surface area contributed by atoms with Crippen LogP contribution in [0.1, 0.15) is 24.8 Å². The maximum absolute atomic E-state index is 9.06. The van der Waals surface area contributed by atoms with Gasteiger partial charge < -0.3 is 10.1 Å². The molecule has 0 bridgehead atoms. The Bertz CT molecular complexity index is 444. The molecule has 0 aromatic heterocycles. The second-order valence-electron chi connectivity index (χ2n) is 4.40. The van der Waals surface area contributed by atoms with Crippen molar-refractivity contribution in [2.24, 2.45) is 0 Å². The van der Waals surface area contributed by atoms with Crippen molar-refractivity contribution in [2.75, 3.05) is 19.0 Å². The fourth-order valence-electron chi connectivity index (χ4n) is 2.04. The molecule has 1 aromatic rings. The number of rotatable bonds is 4. The zero-order valence-corrected chi connectivity index (χ0v) is 11.4. The zero-order valence-electron chi connectivity index (χ0n) is 9.79. The molecule has 1 fully saturated rings. The van der Waals surface area contributed by atoms with Crippen LogP contribution in [0, 0.1) is 11.3 Å². The molecule has 0 aliphatic heterocycles. The van der Waals surface area contributed by atoms with Crippen LogP contribution >= 0.6 is 15.9 Å². The van der Waals surface area contributed by atoms with E-state index in [1.165, 1.54) is 6.42 Å². The molecule has 0 radical (unpaired) electrons. The summed E-state index contributed by atoms with van der Waals surface area (Å²) in [7, 11) is 1.76. The highest BCUT2D eigenvalue weighted by atomic mass is 79.9.